The van der Waals surface area contributed by atoms with E-state index in [0.717, 1.165) is 20.6 Å². The summed E-state index contributed by atoms with van der Waals surface area (Å²) in [6.07, 6.45) is 0. The minimum absolute atomic E-state index is 0.0358. The lowest BCUT2D eigenvalue weighted by Gasteiger charge is -2.25. The van der Waals surface area contributed by atoms with E-state index in [1.54, 1.807) is 24.3 Å². The largest absolute Gasteiger partial charge is 0.494 e. The van der Waals surface area contributed by atoms with Crippen molar-refractivity contribution >= 4 is 32.4 Å². The molecule has 198 valence electrons. The highest BCUT2D eigenvalue weighted by Gasteiger charge is 2.28. The van der Waals surface area contributed by atoms with E-state index in [1.807, 2.05) is 49.4 Å². The molecule has 0 heterocycles. The smallest absolute Gasteiger partial charge is 0.264 e. The van der Waals surface area contributed by atoms with Crippen molar-refractivity contribution in [2.45, 2.75) is 18.4 Å². The first-order chi connectivity index (χ1) is 18.3. The summed E-state index contributed by atoms with van der Waals surface area (Å²) in [7, 11) is -1.25. The molecule has 1 N–H and O–H groups in total. The number of hydrogen-bond acceptors (Lipinski definition) is 6. The molecule has 0 unspecified atom stereocenters. The molecule has 0 aliphatic heterocycles. The molecule has 0 saturated heterocycles. The van der Waals surface area contributed by atoms with Gasteiger partial charge in [-0.05, 0) is 65.7 Å². The molecular weight excluding hydrogens is 504 g/mol. The molecule has 0 saturated carbocycles. The number of methoxy groups -OCH3 is 2. The van der Waals surface area contributed by atoms with Gasteiger partial charge >= 0.3 is 0 Å². The first-order valence-corrected chi connectivity index (χ1v) is 13.5. The van der Waals surface area contributed by atoms with Crippen molar-refractivity contribution in [3.63, 3.8) is 0 Å². The number of ether oxygens (including phenoxy) is 3. The van der Waals surface area contributed by atoms with Crippen molar-refractivity contribution in [3.8, 4) is 17.2 Å². The number of carbonyl (C=O) groups excluding carboxylic acids is 1. The van der Waals surface area contributed by atoms with Gasteiger partial charge in [0, 0.05) is 12.6 Å². The Morgan fingerprint density at radius 2 is 1.55 bits per heavy atom. The van der Waals surface area contributed by atoms with Crippen LogP contribution in [0, 0.1) is 0 Å². The van der Waals surface area contributed by atoms with Gasteiger partial charge in [-0.2, -0.15) is 0 Å². The van der Waals surface area contributed by atoms with Crippen molar-refractivity contribution in [2.24, 2.45) is 0 Å². The second-order valence-electron chi connectivity index (χ2n) is 8.41. The quantitative estimate of drug-likeness (QED) is 0.298. The zero-order valence-corrected chi connectivity index (χ0v) is 22.3. The Bertz CT molecular complexity index is 1520. The number of anilines is 1. The number of amides is 1. The van der Waals surface area contributed by atoms with Crippen molar-refractivity contribution < 1.29 is 27.4 Å². The average molecular weight is 535 g/mol. The van der Waals surface area contributed by atoms with Crippen LogP contribution in [0.25, 0.3) is 10.8 Å². The molecule has 0 atom stereocenters. The molecule has 4 aromatic rings. The zero-order valence-electron chi connectivity index (χ0n) is 21.5. The van der Waals surface area contributed by atoms with Gasteiger partial charge in [-0.3, -0.25) is 9.10 Å². The Labute approximate surface area is 222 Å². The minimum atomic E-state index is -4.15. The summed E-state index contributed by atoms with van der Waals surface area (Å²) >= 11 is 0. The number of fused-ring (bicyclic) bond motifs is 1. The fourth-order valence-electron chi connectivity index (χ4n) is 4.03. The topological polar surface area (TPSA) is 94.2 Å². The number of benzene rings is 4. The van der Waals surface area contributed by atoms with Gasteiger partial charge < -0.3 is 19.5 Å². The molecule has 0 aliphatic carbocycles. The molecule has 0 aromatic heterocycles. The van der Waals surface area contributed by atoms with Crippen LogP contribution in [0.4, 0.5) is 5.69 Å². The highest BCUT2D eigenvalue weighted by Crippen LogP contribution is 2.32. The molecule has 8 nitrogen and oxygen atoms in total. The maximum absolute atomic E-state index is 13.8. The van der Waals surface area contributed by atoms with Crippen molar-refractivity contribution in [2.75, 3.05) is 31.7 Å². The van der Waals surface area contributed by atoms with Gasteiger partial charge in [0.1, 0.15) is 12.3 Å². The second kappa shape index (κ2) is 11.9. The molecule has 0 radical (unpaired) electrons. The Balaban J connectivity index is 1.60. The molecular formula is C29H30N2O6S. The lowest BCUT2D eigenvalue weighted by Crippen LogP contribution is -2.40. The van der Waals surface area contributed by atoms with Gasteiger partial charge in [-0.25, -0.2) is 8.42 Å². The van der Waals surface area contributed by atoms with Crippen molar-refractivity contribution in [1.29, 1.82) is 0 Å². The van der Waals surface area contributed by atoms with Gasteiger partial charge in [0.2, 0.25) is 5.91 Å². The first-order valence-electron chi connectivity index (χ1n) is 12.1. The fourth-order valence-corrected chi connectivity index (χ4v) is 5.47. The van der Waals surface area contributed by atoms with E-state index in [2.05, 4.69) is 5.32 Å². The van der Waals surface area contributed by atoms with Crippen molar-refractivity contribution in [3.05, 3.63) is 90.5 Å². The van der Waals surface area contributed by atoms with Crippen LogP contribution in [0.2, 0.25) is 0 Å². The van der Waals surface area contributed by atoms with Gasteiger partial charge in [0.05, 0.1) is 31.4 Å². The van der Waals surface area contributed by atoms with Crippen LogP contribution in [0.5, 0.6) is 17.2 Å². The molecule has 1 amide bonds. The number of rotatable bonds is 11. The number of carbonyl (C=O) groups is 1. The summed E-state index contributed by atoms with van der Waals surface area (Å²) in [6, 6.07) is 24.8. The lowest BCUT2D eigenvalue weighted by atomic mass is 10.1. The lowest BCUT2D eigenvalue weighted by molar-refractivity contribution is -0.119. The highest BCUT2D eigenvalue weighted by atomic mass is 32.2. The number of nitrogens with zero attached hydrogens (tertiary/aromatic N) is 1. The molecule has 0 spiro atoms. The van der Waals surface area contributed by atoms with Crippen LogP contribution in [-0.2, 0) is 21.4 Å². The van der Waals surface area contributed by atoms with Gasteiger partial charge in [0.15, 0.2) is 11.5 Å². The van der Waals surface area contributed by atoms with Crippen LogP contribution in [0.15, 0.2) is 89.8 Å². The van der Waals surface area contributed by atoms with Crippen LogP contribution >= 0.6 is 0 Å². The summed E-state index contributed by atoms with van der Waals surface area (Å²) in [5, 5.41) is 5.01. The number of nitrogens with one attached hydrogen (secondary N) is 1. The SMILES string of the molecule is CCOc1ccc(N(CC(=O)NCc2ccc3ccccc3c2)S(=O)(=O)c2ccc(OC)c(OC)c2)cc1. The van der Waals surface area contributed by atoms with Gasteiger partial charge in [-0.15, -0.1) is 0 Å². The van der Waals surface area contributed by atoms with Crippen LogP contribution < -0.4 is 23.8 Å². The van der Waals surface area contributed by atoms with E-state index in [4.69, 9.17) is 14.2 Å². The predicted molar refractivity (Wildman–Crippen MR) is 147 cm³/mol. The van der Waals surface area contributed by atoms with Crippen LogP contribution in [-0.4, -0.2) is 41.7 Å². The average Bonchev–Trinajstić information content (AvgIpc) is 2.94. The molecule has 38 heavy (non-hydrogen) atoms. The van der Waals surface area contributed by atoms with E-state index in [0.29, 0.717) is 23.8 Å². The molecule has 0 fully saturated rings. The number of sulfonamides is 1. The summed E-state index contributed by atoms with van der Waals surface area (Å²) < 4.78 is 44.7. The van der Waals surface area contributed by atoms with E-state index < -0.39 is 22.5 Å². The van der Waals surface area contributed by atoms with E-state index >= 15 is 0 Å². The summed E-state index contributed by atoms with van der Waals surface area (Å²) in [5.74, 6) is 0.810. The Morgan fingerprint density at radius 3 is 2.24 bits per heavy atom. The minimum Gasteiger partial charge on any atom is -0.494 e. The van der Waals surface area contributed by atoms with Crippen molar-refractivity contribution in [1.82, 2.24) is 5.32 Å². The highest BCUT2D eigenvalue weighted by molar-refractivity contribution is 7.92. The Morgan fingerprint density at radius 1 is 0.842 bits per heavy atom. The first kappa shape index (κ1) is 26.8. The maximum atomic E-state index is 13.8. The van der Waals surface area contributed by atoms with E-state index in [1.165, 1.54) is 32.4 Å². The predicted octanol–water partition coefficient (Wildman–Crippen LogP) is 4.77. The fraction of sp³-hybridized carbons (Fsp3) is 0.207. The normalized spacial score (nSPS) is 11.1. The van der Waals surface area contributed by atoms with E-state index in [-0.39, 0.29) is 17.2 Å². The van der Waals surface area contributed by atoms with E-state index in [9.17, 15) is 13.2 Å². The molecule has 4 aromatic carbocycles. The molecule has 0 bridgehead atoms. The van der Waals surface area contributed by atoms with Crippen LogP contribution in [0.1, 0.15) is 12.5 Å². The van der Waals surface area contributed by atoms with Crippen LogP contribution in [0.3, 0.4) is 0 Å². The summed E-state index contributed by atoms with van der Waals surface area (Å²) in [6.45, 7) is 2.18. The molecule has 0 aliphatic rings. The second-order valence-corrected chi connectivity index (χ2v) is 10.3. The molecule has 4 rings (SSSR count). The molecule has 9 heteroatoms. The monoisotopic (exact) mass is 534 g/mol. The third-order valence-corrected chi connectivity index (χ3v) is 7.74. The summed E-state index contributed by atoms with van der Waals surface area (Å²) in [5.41, 5.74) is 1.23. The third-order valence-electron chi connectivity index (χ3n) is 5.97. The summed E-state index contributed by atoms with van der Waals surface area (Å²) in [4.78, 5) is 13.0. The van der Waals surface area contributed by atoms with Gasteiger partial charge in [0.25, 0.3) is 10.0 Å². The zero-order chi connectivity index (χ0) is 27.1. The Hall–Kier alpha value is -4.24. The standard InChI is InChI=1S/C29H30N2O6S/c1-4-37-25-13-11-24(12-14-25)31(38(33,34)26-15-16-27(35-2)28(18-26)36-3)20-29(32)30-19-21-9-10-22-7-5-6-8-23(22)17-21/h5-18H,4,19-20H2,1-3H3,(H,30,32). The number of hydrogen-bond donors (Lipinski definition) is 1. The Kier molecular flexibility index (Phi) is 8.38. The third kappa shape index (κ3) is 6.00. The van der Waals surface area contributed by atoms with Gasteiger partial charge in [-0.1, -0.05) is 36.4 Å². The maximum Gasteiger partial charge on any atom is 0.264 e.